The first-order chi connectivity index (χ1) is 7.33. The molecule has 0 bridgehead atoms. The van der Waals surface area contributed by atoms with Crippen molar-refractivity contribution in [3.8, 4) is 0 Å². The van der Waals surface area contributed by atoms with E-state index in [1.807, 2.05) is 60.7 Å². The standard InChI is InChI=1S/C6H6ClN.C6H7N/c7-8-6-4-2-1-3-5-6;7-6-4-2-1-3-5-6/h1-5,8H;1-5H,7H2. The molecule has 2 aromatic rings. The quantitative estimate of drug-likeness (QED) is 0.570. The molecule has 2 aromatic carbocycles. The Kier molecular flexibility index (Phi) is 5.12. The Labute approximate surface area is 94.8 Å². The molecular formula is C12H13ClN2. The van der Waals surface area contributed by atoms with Crippen molar-refractivity contribution >= 4 is 23.2 Å². The van der Waals surface area contributed by atoms with E-state index in [0.29, 0.717) is 0 Å². The molecule has 2 nitrogen and oxygen atoms in total. The average Bonchev–Trinajstić information content (AvgIpc) is 2.32. The van der Waals surface area contributed by atoms with E-state index in [-0.39, 0.29) is 0 Å². The number of rotatable bonds is 1. The number of benzene rings is 2. The van der Waals surface area contributed by atoms with Crippen LogP contribution in [0.4, 0.5) is 11.4 Å². The van der Waals surface area contributed by atoms with Crippen molar-refractivity contribution in [3.05, 3.63) is 60.7 Å². The largest absolute Gasteiger partial charge is 0.399 e. The smallest absolute Gasteiger partial charge is 0.0491 e. The first-order valence-corrected chi connectivity index (χ1v) is 4.93. The molecule has 78 valence electrons. The van der Waals surface area contributed by atoms with Crippen molar-refractivity contribution in [2.75, 3.05) is 10.6 Å². The SMILES string of the molecule is ClNc1ccccc1.Nc1ccccc1. The molecular weight excluding hydrogens is 208 g/mol. The first-order valence-electron chi connectivity index (χ1n) is 4.55. The van der Waals surface area contributed by atoms with E-state index in [1.165, 1.54) is 0 Å². The Morgan fingerprint density at radius 1 is 0.800 bits per heavy atom. The van der Waals surface area contributed by atoms with Gasteiger partial charge in [-0.05, 0) is 24.3 Å². The van der Waals surface area contributed by atoms with Crippen LogP contribution in [0.15, 0.2) is 60.7 Å². The van der Waals surface area contributed by atoms with Crippen LogP contribution in [0, 0.1) is 0 Å². The maximum absolute atomic E-state index is 5.36. The Balaban J connectivity index is 0.000000151. The Hall–Kier alpha value is -1.67. The highest BCUT2D eigenvalue weighted by molar-refractivity contribution is 6.23. The van der Waals surface area contributed by atoms with Crippen molar-refractivity contribution in [3.63, 3.8) is 0 Å². The molecule has 0 fully saturated rings. The molecule has 3 heteroatoms. The molecule has 0 saturated heterocycles. The van der Waals surface area contributed by atoms with Gasteiger partial charge in [-0.15, -0.1) is 0 Å². The lowest BCUT2D eigenvalue weighted by Crippen LogP contribution is -1.79. The molecule has 0 heterocycles. The van der Waals surface area contributed by atoms with Gasteiger partial charge in [-0.2, -0.15) is 0 Å². The van der Waals surface area contributed by atoms with E-state index in [1.54, 1.807) is 0 Å². The van der Waals surface area contributed by atoms with Gasteiger partial charge in [0.15, 0.2) is 0 Å². The van der Waals surface area contributed by atoms with Gasteiger partial charge >= 0.3 is 0 Å². The van der Waals surface area contributed by atoms with E-state index in [9.17, 15) is 0 Å². The van der Waals surface area contributed by atoms with Gasteiger partial charge in [0.25, 0.3) is 0 Å². The summed E-state index contributed by atoms with van der Waals surface area (Å²) in [5.41, 5.74) is 7.10. The molecule has 0 spiro atoms. The number of nitrogens with one attached hydrogen (secondary N) is 1. The second-order valence-electron chi connectivity index (χ2n) is 2.87. The topological polar surface area (TPSA) is 38.0 Å². The summed E-state index contributed by atoms with van der Waals surface area (Å²) in [4.78, 5) is 2.50. The zero-order chi connectivity index (χ0) is 10.9. The third-order valence-corrected chi connectivity index (χ3v) is 1.90. The summed E-state index contributed by atoms with van der Waals surface area (Å²) in [5.74, 6) is 0. The number of anilines is 2. The molecule has 0 atom stereocenters. The van der Waals surface area contributed by atoms with E-state index in [2.05, 4.69) is 4.84 Å². The third-order valence-electron chi connectivity index (χ3n) is 1.68. The number of hydrogen-bond donors (Lipinski definition) is 2. The molecule has 2 rings (SSSR count). The van der Waals surface area contributed by atoms with Gasteiger partial charge in [-0.25, -0.2) is 0 Å². The summed E-state index contributed by atoms with van der Waals surface area (Å²) in [6, 6.07) is 19.1. The second-order valence-corrected chi connectivity index (χ2v) is 3.06. The van der Waals surface area contributed by atoms with Crippen molar-refractivity contribution in [2.45, 2.75) is 0 Å². The summed E-state index contributed by atoms with van der Waals surface area (Å²) in [5, 5.41) is 0. The van der Waals surface area contributed by atoms with Gasteiger partial charge in [-0.3, -0.25) is 4.84 Å². The van der Waals surface area contributed by atoms with Gasteiger partial charge in [0.1, 0.15) is 0 Å². The van der Waals surface area contributed by atoms with Crippen LogP contribution in [-0.2, 0) is 0 Å². The predicted octanol–water partition coefficient (Wildman–Crippen LogP) is 3.52. The average molecular weight is 221 g/mol. The normalized spacial score (nSPS) is 8.60. The summed E-state index contributed by atoms with van der Waals surface area (Å²) >= 11 is 5.28. The summed E-state index contributed by atoms with van der Waals surface area (Å²) in [6.45, 7) is 0. The maximum Gasteiger partial charge on any atom is 0.0491 e. The van der Waals surface area contributed by atoms with Gasteiger partial charge in [0.2, 0.25) is 0 Å². The minimum absolute atomic E-state index is 0.822. The highest BCUT2D eigenvalue weighted by Crippen LogP contribution is 2.04. The summed E-state index contributed by atoms with van der Waals surface area (Å²) in [7, 11) is 0. The highest BCUT2D eigenvalue weighted by atomic mass is 35.5. The van der Waals surface area contributed by atoms with E-state index in [4.69, 9.17) is 17.5 Å². The fraction of sp³-hybridized carbons (Fsp3) is 0. The van der Waals surface area contributed by atoms with Crippen LogP contribution in [0.2, 0.25) is 0 Å². The highest BCUT2D eigenvalue weighted by Gasteiger charge is 1.79. The lowest BCUT2D eigenvalue weighted by molar-refractivity contribution is 1.68. The first kappa shape index (κ1) is 11.4. The number of nitrogens with two attached hydrogens (primary N) is 1. The molecule has 0 aliphatic carbocycles. The minimum atomic E-state index is 0.822. The molecule has 0 amide bonds. The Morgan fingerprint density at radius 3 is 1.53 bits per heavy atom. The van der Waals surface area contributed by atoms with Crippen molar-refractivity contribution in [2.24, 2.45) is 0 Å². The molecule has 0 unspecified atom stereocenters. The van der Waals surface area contributed by atoms with Crippen LogP contribution in [0.1, 0.15) is 0 Å². The molecule has 0 aromatic heterocycles. The number of nitrogen functional groups attached to an aromatic ring is 1. The van der Waals surface area contributed by atoms with E-state index >= 15 is 0 Å². The fourth-order valence-electron chi connectivity index (χ4n) is 0.954. The summed E-state index contributed by atoms with van der Waals surface area (Å²) < 4.78 is 0. The number of hydrogen-bond acceptors (Lipinski definition) is 2. The number of halogens is 1. The maximum atomic E-state index is 5.36. The summed E-state index contributed by atoms with van der Waals surface area (Å²) in [6.07, 6.45) is 0. The van der Waals surface area contributed by atoms with Gasteiger partial charge in [0.05, 0.1) is 0 Å². The number of para-hydroxylation sites is 2. The Bertz CT molecular complexity index is 362. The zero-order valence-electron chi connectivity index (χ0n) is 8.23. The van der Waals surface area contributed by atoms with Crippen molar-refractivity contribution in [1.82, 2.24) is 0 Å². The van der Waals surface area contributed by atoms with Gasteiger partial charge in [-0.1, -0.05) is 36.4 Å². The second kappa shape index (κ2) is 6.74. The lowest BCUT2D eigenvalue weighted by Gasteiger charge is -1.91. The van der Waals surface area contributed by atoms with Crippen LogP contribution >= 0.6 is 11.8 Å². The minimum Gasteiger partial charge on any atom is -0.399 e. The van der Waals surface area contributed by atoms with E-state index < -0.39 is 0 Å². The molecule has 0 radical (unpaired) electrons. The molecule has 0 saturated carbocycles. The predicted molar refractivity (Wildman–Crippen MR) is 66.8 cm³/mol. The van der Waals surface area contributed by atoms with Crippen molar-refractivity contribution < 1.29 is 0 Å². The van der Waals surface area contributed by atoms with Crippen LogP contribution in [0.5, 0.6) is 0 Å². The van der Waals surface area contributed by atoms with Crippen LogP contribution in [-0.4, -0.2) is 0 Å². The van der Waals surface area contributed by atoms with Gasteiger partial charge < -0.3 is 5.73 Å². The lowest BCUT2D eigenvalue weighted by atomic mass is 10.3. The zero-order valence-corrected chi connectivity index (χ0v) is 8.98. The monoisotopic (exact) mass is 220 g/mol. The third kappa shape index (κ3) is 4.93. The molecule has 3 N–H and O–H groups in total. The molecule has 0 aliphatic heterocycles. The van der Waals surface area contributed by atoms with E-state index in [0.717, 1.165) is 11.4 Å². The van der Waals surface area contributed by atoms with Crippen molar-refractivity contribution in [1.29, 1.82) is 0 Å². The molecule has 15 heavy (non-hydrogen) atoms. The van der Waals surface area contributed by atoms with Crippen LogP contribution in [0.3, 0.4) is 0 Å². The van der Waals surface area contributed by atoms with Gasteiger partial charge in [0, 0.05) is 23.2 Å². The fourth-order valence-corrected chi connectivity index (χ4v) is 1.08. The Morgan fingerprint density at radius 2 is 1.27 bits per heavy atom. The van der Waals surface area contributed by atoms with Crippen LogP contribution in [0.25, 0.3) is 0 Å². The molecule has 0 aliphatic rings. The van der Waals surface area contributed by atoms with Crippen LogP contribution < -0.4 is 10.6 Å².